The fourth-order valence-electron chi connectivity index (χ4n) is 6.35. The van der Waals surface area contributed by atoms with E-state index < -0.39 is 41.0 Å². The summed E-state index contributed by atoms with van der Waals surface area (Å²) in [7, 11) is 0. The number of likely N-dealkylation sites (N-methyl/N-ethyl adjacent to an activating group) is 1. The van der Waals surface area contributed by atoms with Crippen LogP contribution in [-0.4, -0.2) is 12.2 Å². The number of nitrogens with two attached hydrogens (primary N) is 1. The van der Waals surface area contributed by atoms with E-state index in [1.165, 1.54) is 54.6 Å². The lowest BCUT2D eigenvalue weighted by atomic mass is 10.0. The second kappa shape index (κ2) is 20.0. The number of nitrogens with one attached hydrogen (secondary N) is 5. The number of halogens is 10. The van der Waals surface area contributed by atoms with Gasteiger partial charge in [-0.05, 0) is 83.4 Å². The lowest BCUT2D eigenvalue weighted by molar-refractivity contribution is -0.138. The number of anilines is 4. The molecule has 5 aromatic carbocycles. The molecule has 0 bridgehead atoms. The van der Waals surface area contributed by atoms with Gasteiger partial charge in [0.05, 0.1) is 45.1 Å². The number of hydrogen-bond acceptors (Lipinski definition) is 6. The van der Waals surface area contributed by atoms with Crippen LogP contribution in [0, 0.1) is 5.82 Å². The largest absolute Gasteiger partial charge is 0.416 e. The van der Waals surface area contributed by atoms with E-state index in [1.807, 2.05) is 18.2 Å². The molecule has 0 aliphatic heterocycles. The predicted molar refractivity (Wildman–Crippen MR) is 220 cm³/mol. The van der Waals surface area contributed by atoms with E-state index in [9.17, 15) is 43.9 Å². The van der Waals surface area contributed by atoms with Gasteiger partial charge in [0.1, 0.15) is 5.82 Å². The van der Waals surface area contributed by atoms with Crippen molar-refractivity contribution in [1.82, 2.24) is 5.32 Å². The highest BCUT2D eigenvalue weighted by Crippen LogP contribution is 2.40. The molecule has 1 aliphatic rings. The van der Waals surface area contributed by atoms with Crippen molar-refractivity contribution in [3.8, 4) is 0 Å². The number of benzene rings is 5. The number of alkyl halides is 9. The smallest absolute Gasteiger partial charge is 0.379 e. The van der Waals surface area contributed by atoms with Crippen LogP contribution in [0.1, 0.15) is 52.3 Å². The van der Waals surface area contributed by atoms with E-state index in [0.29, 0.717) is 22.5 Å². The molecule has 0 aromatic heterocycles. The maximum absolute atomic E-state index is 13.9. The SMILES string of the molecule is CCNC1(N)C=CC=CC1.Fc1ccc(CNc2ccc(NCc3ccc(C(F)(F)F)cc3)c(NCc3cccc(C(F)(F)F)c3)c2NCc2ccccc2C(F)(F)F)cc1. The van der Waals surface area contributed by atoms with Gasteiger partial charge >= 0.3 is 18.5 Å². The highest BCUT2D eigenvalue weighted by atomic mass is 19.4. The quantitative estimate of drug-likeness (QED) is 0.0493. The molecule has 6 nitrogen and oxygen atoms in total. The Morgan fingerprint density at radius 3 is 1.66 bits per heavy atom. The highest BCUT2D eigenvalue weighted by molar-refractivity contribution is 5.91. The Kier molecular flexibility index (Phi) is 15.1. The summed E-state index contributed by atoms with van der Waals surface area (Å²) in [6.45, 7) is 2.69. The third-order valence-electron chi connectivity index (χ3n) is 9.47. The summed E-state index contributed by atoms with van der Waals surface area (Å²) >= 11 is 0. The van der Waals surface area contributed by atoms with Gasteiger partial charge in [-0.15, -0.1) is 0 Å². The summed E-state index contributed by atoms with van der Waals surface area (Å²) in [5, 5.41) is 15.7. The van der Waals surface area contributed by atoms with Gasteiger partial charge in [0.2, 0.25) is 0 Å². The van der Waals surface area contributed by atoms with Crippen LogP contribution in [0.15, 0.2) is 133 Å². The van der Waals surface area contributed by atoms with E-state index in [0.717, 1.165) is 43.3 Å². The van der Waals surface area contributed by atoms with Crippen LogP contribution >= 0.6 is 0 Å². The molecule has 0 amide bonds. The maximum Gasteiger partial charge on any atom is 0.416 e. The lowest BCUT2D eigenvalue weighted by Gasteiger charge is -2.26. The first kappa shape index (κ1) is 46.1. The summed E-state index contributed by atoms with van der Waals surface area (Å²) in [6, 6.07) is 22.9. The van der Waals surface area contributed by atoms with Gasteiger partial charge < -0.3 is 27.0 Å². The van der Waals surface area contributed by atoms with Crippen molar-refractivity contribution < 1.29 is 43.9 Å². The maximum atomic E-state index is 13.9. The first-order valence-electron chi connectivity index (χ1n) is 19.1. The Bertz CT molecular complexity index is 2250. The Morgan fingerprint density at radius 2 is 1.11 bits per heavy atom. The first-order valence-corrected chi connectivity index (χ1v) is 19.1. The van der Waals surface area contributed by atoms with Crippen molar-refractivity contribution >= 4 is 22.7 Å². The van der Waals surface area contributed by atoms with Gasteiger partial charge in [-0.25, -0.2) is 4.39 Å². The summed E-state index contributed by atoms with van der Waals surface area (Å²) in [5.74, 6) is -0.450. The minimum atomic E-state index is -4.66. The third kappa shape index (κ3) is 13.5. The normalized spacial score (nSPS) is 15.1. The zero-order valence-electron chi connectivity index (χ0n) is 32.8. The van der Waals surface area contributed by atoms with Crippen molar-refractivity contribution in [2.75, 3.05) is 27.8 Å². The van der Waals surface area contributed by atoms with E-state index in [4.69, 9.17) is 5.73 Å². The van der Waals surface area contributed by atoms with E-state index in [-0.39, 0.29) is 54.3 Å². The summed E-state index contributed by atoms with van der Waals surface area (Å²) < 4.78 is 135. The monoisotopic (exact) mass is 858 g/mol. The summed E-state index contributed by atoms with van der Waals surface area (Å²) in [6.07, 6.45) is -4.84. The van der Waals surface area contributed by atoms with E-state index >= 15 is 0 Å². The highest BCUT2D eigenvalue weighted by Gasteiger charge is 2.33. The van der Waals surface area contributed by atoms with Gasteiger partial charge in [-0.3, -0.25) is 5.32 Å². The molecule has 6 rings (SSSR count). The van der Waals surface area contributed by atoms with Crippen LogP contribution in [0.5, 0.6) is 0 Å². The van der Waals surface area contributed by atoms with Gasteiger partial charge in [0, 0.05) is 32.6 Å². The Balaban J connectivity index is 0.000000617. The lowest BCUT2D eigenvalue weighted by Crippen LogP contribution is -2.51. The van der Waals surface area contributed by atoms with Crippen molar-refractivity contribution in [1.29, 1.82) is 0 Å². The molecular formula is C45H44F10N6. The fraction of sp³-hybridized carbons (Fsp3) is 0.244. The molecule has 0 radical (unpaired) electrons. The van der Waals surface area contributed by atoms with Crippen LogP contribution in [0.3, 0.4) is 0 Å². The topological polar surface area (TPSA) is 86.2 Å². The van der Waals surface area contributed by atoms with Crippen LogP contribution in [-0.2, 0) is 44.7 Å². The van der Waals surface area contributed by atoms with Crippen LogP contribution in [0.25, 0.3) is 0 Å². The van der Waals surface area contributed by atoms with E-state index in [1.54, 1.807) is 24.3 Å². The van der Waals surface area contributed by atoms with Crippen LogP contribution in [0.4, 0.5) is 66.7 Å². The zero-order valence-corrected chi connectivity index (χ0v) is 32.8. The molecule has 0 saturated carbocycles. The Morgan fingerprint density at radius 1 is 0.557 bits per heavy atom. The Hall–Kier alpha value is -6.00. The van der Waals surface area contributed by atoms with Crippen LogP contribution < -0.4 is 32.3 Å². The second-order valence-electron chi connectivity index (χ2n) is 14.1. The second-order valence-corrected chi connectivity index (χ2v) is 14.1. The third-order valence-corrected chi connectivity index (χ3v) is 9.47. The summed E-state index contributed by atoms with van der Waals surface area (Å²) in [5.41, 5.74) is 5.60. The molecule has 1 unspecified atom stereocenters. The molecule has 0 spiro atoms. The molecule has 0 fully saturated rings. The average Bonchev–Trinajstić information content (AvgIpc) is 3.21. The number of hydrogen-bond donors (Lipinski definition) is 6. The number of allylic oxidation sites excluding steroid dienone is 2. The van der Waals surface area contributed by atoms with Gasteiger partial charge in [0.25, 0.3) is 0 Å². The molecule has 1 aliphatic carbocycles. The molecule has 16 heteroatoms. The summed E-state index contributed by atoms with van der Waals surface area (Å²) in [4.78, 5) is 0. The average molecular weight is 859 g/mol. The van der Waals surface area contributed by atoms with Crippen molar-refractivity contribution in [3.05, 3.63) is 178 Å². The number of rotatable bonds is 14. The molecule has 0 saturated heterocycles. The standard InChI is InChI=1S/C37H30F10N4.C8H14N2/c38-29-14-10-24(11-15-29)20-49-32-17-16-31(48-19-23-8-12-27(13-9-23)35(39,40)41)33(50-21-25-4-3-6-28(18-25)36(42,43)44)34(32)51-22-26-5-1-2-7-30(26)37(45,46)47;1-2-10-8(9)6-4-3-5-7-8/h1-18,48-51H,19-22H2;3-6,10H,2,7,9H2,1H3. The van der Waals surface area contributed by atoms with Crippen molar-refractivity contribution in [3.63, 3.8) is 0 Å². The molecule has 61 heavy (non-hydrogen) atoms. The van der Waals surface area contributed by atoms with Crippen LogP contribution in [0.2, 0.25) is 0 Å². The minimum absolute atomic E-state index is 0.0229. The molecule has 0 heterocycles. The Labute approximate surface area is 346 Å². The molecule has 324 valence electrons. The predicted octanol–water partition coefficient (Wildman–Crippen LogP) is 12.1. The van der Waals surface area contributed by atoms with Gasteiger partial charge in [-0.1, -0.05) is 85.8 Å². The fourth-order valence-corrected chi connectivity index (χ4v) is 6.35. The van der Waals surface area contributed by atoms with Gasteiger partial charge in [0.15, 0.2) is 0 Å². The minimum Gasteiger partial charge on any atom is -0.379 e. The molecule has 5 aromatic rings. The molecular weight excluding hydrogens is 815 g/mol. The van der Waals surface area contributed by atoms with Crippen molar-refractivity contribution in [2.45, 2.75) is 63.7 Å². The van der Waals surface area contributed by atoms with Gasteiger partial charge in [-0.2, -0.15) is 39.5 Å². The van der Waals surface area contributed by atoms with Crippen molar-refractivity contribution in [2.24, 2.45) is 5.73 Å². The van der Waals surface area contributed by atoms with E-state index in [2.05, 4.69) is 39.6 Å². The first-order chi connectivity index (χ1) is 28.8. The zero-order chi connectivity index (χ0) is 44.3. The molecule has 1 atom stereocenters. The molecule has 7 N–H and O–H groups in total.